The maximum Gasteiger partial charge on any atom is 0.129 e. The summed E-state index contributed by atoms with van der Waals surface area (Å²) in [6, 6.07) is 7.90. The van der Waals surface area contributed by atoms with Crippen LogP contribution in [0.2, 0.25) is 0 Å². The van der Waals surface area contributed by atoms with Crippen molar-refractivity contribution in [1.29, 1.82) is 0 Å². The van der Waals surface area contributed by atoms with Gasteiger partial charge in [-0.05, 0) is 38.0 Å². The number of ether oxygens (including phenoxy) is 1. The fraction of sp³-hybridized carbons (Fsp3) is 0.412. The molecule has 0 spiro atoms. The smallest absolute Gasteiger partial charge is 0.129 e. The second-order valence-electron chi connectivity index (χ2n) is 6.48. The standard InChI is InChI=1S/C17H21N5O2/c1-17(4-5-17)24-11-2-3-13-12(8-11)16(22-21-13)14-9-15(18-6-7-23)20-10-19-14/h2-3,8-10,16,21-23H,4-7H2,1H3,(H,18,19,20)/t16-/m1/s1. The van der Waals surface area contributed by atoms with Crippen molar-refractivity contribution < 1.29 is 9.84 Å². The lowest BCUT2D eigenvalue weighted by atomic mass is 10.0. The highest BCUT2D eigenvalue weighted by Crippen LogP contribution is 2.42. The first kappa shape index (κ1) is 15.2. The van der Waals surface area contributed by atoms with Gasteiger partial charge in [0.15, 0.2) is 0 Å². The number of anilines is 2. The first-order valence-corrected chi connectivity index (χ1v) is 8.18. The van der Waals surface area contributed by atoms with Gasteiger partial charge in [-0.25, -0.2) is 15.4 Å². The minimum atomic E-state index is -0.0757. The van der Waals surface area contributed by atoms with Crippen molar-refractivity contribution in [2.24, 2.45) is 0 Å². The van der Waals surface area contributed by atoms with Crippen molar-refractivity contribution in [3.8, 4) is 5.75 Å². The normalized spacial score (nSPS) is 20.2. The number of aliphatic hydroxyl groups excluding tert-OH is 1. The summed E-state index contributed by atoms with van der Waals surface area (Å²) in [7, 11) is 0. The molecule has 1 atom stereocenters. The Morgan fingerprint density at radius 3 is 3.00 bits per heavy atom. The molecule has 7 nitrogen and oxygen atoms in total. The Kier molecular flexibility index (Phi) is 3.74. The Morgan fingerprint density at radius 2 is 2.21 bits per heavy atom. The molecule has 7 heteroatoms. The largest absolute Gasteiger partial charge is 0.488 e. The molecule has 1 aromatic carbocycles. The maximum atomic E-state index is 8.92. The molecule has 1 saturated carbocycles. The van der Waals surface area contributed by atoms with Gasteiger partial charge in [0.05, 0.1) is 24.0 Å². The number of aliphatic hydroxyl groups is 1. The van der Waals surface area contributed by atoms with E-state index in [9.17, 15) is 0 Å². The van der Waals surface area contributed by atoms with E-state index in [0.717, 1.165) is 35.5 Å². The highest BCUT2D eigenvalue weighted by molar-refractivity contribution is 5.60. The number of rotatable bonds is 6. The molecule has 4 rings (SSSR count). The molecule has 0 unspecified atom stereocenters. The SMILES string of the molecule is CC1(Oc2ccc3c(c2)[C@H](c2cc(NCCO)ncn2)NN3)CC1. The summed E-state index contributed by atoms with van der Waals surface area (Å²) in [6.45, 7) is 2.66. The number of nitrogens with zero attached hydrogens (tertiary/aromatic N) is 2. The number of fused-ring (bicyclic) bond motifs is 1. The topological polar surface area (TPSA) is 91.3 Å². The Hall–Kier alpha value is -2.38. The lowest BCUT2D eigenvalue weighted by Crippen LogP contribution is -2.21. The summed E-state index contributed by atoms with van der Waals surface area (Å²) in [5, 5.41) is 12.0. The van der Waals surface area contributed by atoms with Crippen LogP contribution >= 0.6 is 0 Å². The Morgan fingerprint density at radius 1 is 1.33 bits per heavy atom. The second kappa shape index (κ2) is 5.92. The number of hydrogen-bond acceptors (Lipinski definition) is 7. The predicted octanol–water partition coefficient (Wildman–Crippen LogP) is 1.83. The van der Waals surface area contributed by atoms with E-state index in [1.807, 2.05) is 18.2 Å². The zero-order valence-corrected chi connectivity index (χ0v) is 13.5. The van der Waals surface area contributed by atoms with Gasteiger partial charge in [0.2, 0.25) is 0 Å². The van der Waals surface area contributed by atoms with Crippen LogP contribution in [0.15, 0.2) is 30.6 Å². The van der Waals surface area contributed by atoms with Crippen LogP contribution in [0.25, 0.3) is 0 Å². The van der Waals surface area contributed by atoms with E-state index in [1.54, 1.807) is 0 Å². The molecule has 1 fully saturated rings. The predicted molar refractivity (Wildman–Crippen MR) is 90.9 cm³/mol. The van der Waals surface area contributed by atoms with Crippen LogP contribution in [0.3, 0.4) is 0 Å². The minimum absolute atomic E-state index is 0.000500. The van der Waals surface area contributed by atoms with Gasteiger partial charge in [-0.1, -0.05) is 0 Å². The van der Waals surface area contributed by atoms with Gasteiger partial charge < -0.3 is 20.6 Å². The Bertz CT molecular complexity index is 748. The molecule has 2 aliphatic rings. The fourth-order valence-corrected chi connectivity index (χ4v) is 2.79. The molecule has 0 radical (unpaired) electrons. The second-order valence-corrected chi connectivity index (χ2v) is 6.48. The van der Waals surface area contributed by atoms with E-state index in [2.05, 4.69) is 39.1 Å². The van der Waals surface area contributed by atoms with Gasteiger partial charge in [0.25, 0.3) is 0 Å². The molecule has 1 aliphatic heterocycles. The van der Waals surface area contributed by atoms with Crippen molar-refractivity contribution in [2.45, 2.75) is 31.4 Å². The molecular formula is C17H21N5O2. The monoisotopic (exact) mass is 327 g/mol. The number of aromatic nitrogens is 2. The minimum Gasteiger partial charge on any atom is -0.488 e. The number of hydrazine groups is 1. The zero-order chi connectivity index (χ0) is 16.6. The quantitative estimate of drug-likeness (QED) is 0.643. The van der Waals surface area contributed by atoms with Crippen LogP contribution in [0.4, 0.5) is 11.5 Å². The van der Waals surface area contributed by atoms with E-state index in [1.165, 1.54) is 6.33 Å². The molecule has 1 aromatic heterocycles. The molecule has 24 heavy (non-hydrogen) atoms. The summed E-state index contributed by atoms with van der Waals surface area (Å²) >= 11 is 0. The number of nitrogens with one attached hydrogen (secondary N) is 3. The summed E-state index contributed by atoms with van der Waals surface area (Å²) < 4.78 is 6.07. The molecule has 2 aromatic rings. The Labute approximate surface area is 140 Å². The number of hydrogen-bond donors (Lipinski definition) is 4. The average molecular weight is 327 g/mol. The molecule has 0 bridgehead atoms. The Balaban J connectivity index is 1.59. The van der Waals surface area contributed by atoms with E-state index in [4.69, 9.17) is 9.84 Å². The lowest BCUT2D eigenvalue weighted by Gasteiger charge is -2.15. The van der Waals surface area contributed by atoms with Gasteiger partial charge in [0, 0.05) is 18.2 Å². The molecule has 4 N–H and O–H groups in total. The molecule has 126 valence electrons. The first-order chi connectivity index (χ1) is 11.7. The summed E-state index contributed by atoms with van der Waals surface area (Å²) in [5.41, 5.74) is 9.42. The van der Waals surface area contributed by atoms with Crippen LogP contribution in [0.1, 0.15) is 37.1 Å². The summed E-state index contributed by atoms with van der Waals surface area (Å²) in [4.78, 5) is 8.56. The van der Waals surface area contributed by atoms with Gasteiger partial charge >= 0.3 is 0 Å². The van der Waals surface area contributed by atoms with E-state index >= 15 is 0 Å². The van der Waals surface area contributed by atoms with Gasteiger partial charge in [0.1, 0.15) is 23.5 Å². The molecule has 1 aliphatic carbocycles. The third-order valence-electron chi connectivity index (χ3n) is 4.41. The molecular weight excluding hydrogens is 306 g/mol. The highest BCUT2D eigenvalue weighted by Gasteiger charge is 2.40. The fourth-order valence-electron chi connectivity index (χ4n) is 2.79. The van der Waals surface area contributed by atoms with Crippen molar-refractivity contribution in [3.05, 3.63) is 41.9 Å². The maximum absolute atomic E-state index is 8.92. The van der Waals surface area contributed by atoms with Crippen molar-refractivity contribution in [3.63, 3.8) is 0 Å². The third-order valence-corrected chi connectivity index (χ3v) is 4.41. The van der Waals surface area contributed by atoms with Gasteiger partial charge in [-0.15, -0.1) is 0 Å². The molecule has 0 saturated heterocycles. The zero-order valence-electron chi connectivity index (χ0n) is 13.5. The highest BCUT2D eigenvalue weighted by atomic mass is 16.5. The summed E-state index contributed by atoms with van der Waals surface area (Å²) in [6.07, 6.45) is 3.74. The lowest BCUT2D eigenvalue weighted by molar-refractivity contribution is 0.200. The van der Waals surface area contributed by atoms with E-state index in [0.29, 0.717) is 12.4 Å². The van der Waals surface area contributed by atoms with Crippen LogP contribution in [-0.2, 0) is 0 Å². The van der Waals surface area contributed by atoms with Crippen LogP contribution < -0.4 is 20.9 Å². The first-order valence-electron chi connectivity index (χ1n) is 8.18. The molecule has 0 amide bonds. The van der Waals surface area contributed by atoms with Gasteiger partial charge in [-0.2, -0.15) is 0 Å². The number of benzene rings is 1. The van der Waals surface area contributed by atoms with Crippen LogP contribution in [0.5, 0.6) is 5.75 Å². The van der Waals surface area contributed by atoms with Gasteiger partial charge in [-0.3, -0.25) is 0 Å². The third kappa shape index (κ3) is 3.00. The summed E-state index contributed by atoms with van der Waals surface area (Å²) in [5.74, 6) is 1.58. The average Bonchev–Trinajstić information content (AvgIpc) is 3.17. The van der Waals surface area contributed by atoms with Crippen LogP contribution in [0, 0.1) is 0 Å². The van der Waals surface area contributed by atoms with E-state index < -0.39 is 0 Å². The van der Waals surface area contributed by atoms with Crippen molar-refractivity contribution >= 4 is 11.5 Å². The van der Waals surface area contributed by atoms with Crippen molar-refractivity contribution in [1.82, 2.24) is 15.4 Å². The molecule has 2 heterocycles. The van der Waals surface area contributed by atoms with Crippen molar-refractivity contribution in [2.75, 3.05) is 23.9 Å². The van der Waals surface area contributed by atoms with Crippen LogP contribution in [-0.4, -0.2) is 33.8 Å². The van der Waals surface area contributed by atoms with E-state index in [-0.39, 0.29) is 18.2 Å².